The van der Waals surface area contributed by atoms with E-state index in [0.717, 1.165) is 46.0 Å². The topological polar surface area (TPSA) is 54.5 Å². The second-order valence-electron chi connectivity index (χ2n) is 7.33. The van der Waals surface area contributed by atoms with Crippen LogP contribution in [0.4, 0.5) is 0 Å². The largest absolute Gasteiger partial charge is 0.278 e. The number of H-pyrrole nitrogens is 1. The van der Waals surface area contributed by atoms with Gasteiger partial charge in [0.25, 0.3) is 0 Å². The lowest BCUT2D eigenvalue weighted by Gasteiger charge is -2.21. The minimum atomic E-state index is 1.02. The second-order valence-corrected chi connectivity index (χ2v) is 7.33. The van der Waals surface area contributed by atoms with Crippen LogP contribution in [-0.2, 0) is 12.8 Å². The van der Waals surface area contributed by atoms with Crippen molar-refractivity contribution in [2.75, 3.05) is 0 Å². The van der Waals surface area contributed by atoms with E-state index in [1.807, 2.05) is 18.5 Å². The van der Waals surface area contributed by atoms with Gasteiger partial charge in [0.15, 0.2) is 0 Å². The number of hydrogen-bond donors (Lipinski definition) is 1. The number of nitrogens with zero attached hydrogens (tertiary/aromatic N) is 3. The van der Waals surface area contributed by atoms with Gasteiger partial charge in [-0.1, -0.05) is 18.2 Å². The zero-order valence-corrected chi connectivity index (χ0v) is 14.9. The maximum absolute atomic E-state index is 5.11. The van der Waals surface area contributed by atoms with E-state index in [4.69, 9.17) is 4.98 Å². The molecule has 2 aromatic carbocycles. The Bertz CT molecular complexity index is 1330. The molecule has 1 aliphatic carbocycles. The standard InChI is InChI=1S/C23H18N4/c1-4-8-19-14(5-1)11-15(12-24-19)23-17-7-3-2-6-16(17)22-18-13-25-27-20(18)9-10-21(22)26-23/h1,4-5,8-13H,2-3,6-7H2,(H,25,27). The summed E-state index contributed by atoms with van der Waals surface area (Å²) in [5.74, 6) is 0. The summed E-state index contributed by atoms with van der Waals surface area (Å²) in [6, 6.07) is 14.7. The van der Waals surface area contributed by atoms with E-state index < -0.39 is 0 Å². The minimum Gasteiger partial charge on any atom is -0.278 e. The van der Waals surface area contributed by atoms with E-state index in [1.54, 1.807) is 0 Å². The Morgan fingerprint density at radius 1 is 0.852 bits per heavy atom. The highest BCUT2D eigenvalue weighted by molar-refractivity contribution is 6.07. The van der Waals surface area contributed by atoms with Crippen molar-refractivity contribution in [1.82, 2.24) is 20.2 Å². The van der Waals surface area contributed by atoms with Crippen molar-refractivity contribution in [1.29, 1.82) is 0 Å². The normalized spacial score (nSPS) is 14.1. The molecule has 0 unspecified atom stereocenters. The summed E-state index contributed by atoms with van der Waals surface area (Å²) in [5.41, 5.74) is 8.20. The van der Waals surface area contributed by atoms with Crippen LogP contribution < -0.4 is 0 Å². The molecule has 27 heavy (non-hydrogen) atoms. The lowest BCUT2D eigenvalue weighted by atomic mass is 9.85. The Hall–Kier alpha value is -3.27. The SMILES string of the molecule is c1ccc2ncc(-c3nc4ccc5[nH]ncc5c4c4c3CCCC4)cc2c1. The van der Waals surface area contributed by atoms with Gasteiger partial charge in [0.1, 0.15) is 0 Å². The molecule has 0 bridgehead atoms. The molecule has 1 aliphatic rings. The Kier molecular flexibility index (Phi) is 3.09. The van der Waals surface area contributed by atoms with E-state index >= 15 is 0 Å². The molecule has 0 fully saturated rings. The molecular formula is C23H18N4. The second kappa shape index (κ2) is 5.61. The Balaban J connectivity index is 1.70. The first kappa shape index (κ1) is 14.9. The van der Waals surface area contributed by atoms with Crippen molar-refractivity contribution in [3.8, 4) is 11.3 Å². The number of nitrogens with one attached hydrogen (secondary N) is 1. The number of hydrogen-bond acceptors (Lipinski definition) is 3. The number of rotatable bonds is 1. The molecule has 1 N–H and O–H groups in total. The summed E-state index contributed by atoms with van der Waals surface area (Å²) in [4.78, 5) is 9.79. The first-order valence-electron chi connectivity index (χ1n) is 9.51. The zero-order chi connectivity index (χ0) is 17.8. The van der Waals surface area contributed by atoms with Crippen molar-refractivity contribution in [2.45, 2.75) is 25.7 Å². The molecule has 3 heterocycles. The lowest BCUT2D eigenvalue weighted by molar-refractivity contribution is 0.689. The fraction of sp³-hybridized carbons (Fsp3) is 0.174. The monoisotopic (exact) mass is 350 g/mol. The highest BCUT2D eigenvalue weighted by Crippen LogP contribution is 2.38. The molecule has 6 rings (SSSR count). The molecule has 0 radical (unpaired) electrons. The van der Waals surface area contributed by atoms with Gasteiger partial charge >= 0.3 is 0 Å². The summed E-state index contributed by atoms with van der Waals surface area (Å²) in [7, 11) is 0. The van der Waals surface area contributed by atoms with E-state index in [2.05, 4.69) is 51.6 Å². The van der Waals surface area contributed by atoms with E-state index in [9.17, 15) is 0 Å². The quantitative estimate of drug-likeness (QED) is 0.452. The molecule has 4 nitrogen and oxygen atoms in total. The smallest absolute Gasteiger partial charge is 0.0760 e. The number of aryl methyl sites for hydroxylation is 1. The molecule has 4 heteroatoms. The first-order valence-corrected chi connectivity index (χ1v) is 9.51. The van der Waals surface area contributed by atoms with Gasteiger partial charge in [-0.05, 0) is 61.1 Å². The van der Waals surface area contributed by atoms with Crippen molar-refractivity contribution in [3.05, 3.63) is 66.0 Å². The number of benzene rings is 2. The van der Waals surface area contributed by atoms with Crippen LogP contribution in [0.15, 0.2) is 54.9 Å². The van der Waals surface area contributed by atoms with Crippen LogP contribution in [0, 0.1) is 0 Å². The van der Waals surface area contributed by atoms with Gasteiger partial charge in [-0.3, -0.25) is 10.1 Å². The summed E-state index contributed by atoms with van der Waals surface area (Å²) in [6.45, 7) is 0. The predicted molar refractivity (Wildman–Crippen MR) is 109 cm³/mol. The number of fused-ring (bicyclic) bond motifs is 6. The fourth-order valence-electron chi connectivity index (χ4n) is 4.49. The van der Waals surface area contributed by atoms with E-state index in [-0.39, 0.29) is 0 Å². The van der Waals surface area contributed by atoms with Gasteiger partial charge in [0, 0.05) is 27.9 Å². The predicted octanol–water partition coefficient (Wildman–Crippen LogP) is 5.21. The van der Waals surface area contributed by atoms with Crippen molar-refractivity contribution in [2.24, 2.45) is 0 Å². The number of aromatic amines is 1. The maximum atomic E-state index is 5.11. The first-order chi connectivity index (χ1) is 13.4. The van der Waals surface area contributed by atoms with Crippen LogP contribution in [0.5, 0.6) is 0 Å². The number of pyridine rings is 2. The average molecular weight is 350 g/mol. The van der Waals surface area contributed by atoms with Gasteiger partial charge in [-0.25, -0.2) is 4.98 Å². The summed E-state index contributed by atoms with van der Waals surface area (Å²) >= 11 is 0. The number of para-hydroxylation sites is 1. The summed E-state index contributed by atoms with van der Waals surface area (Å²) in [5, 5.41) is 11.0. The van der Waals surface area contributed by atoms with Gasteiger partial charge in [0.2, 0.25) is 0 Å². The third kappa shape index (κ3) is 2.19. The van der Waals surface area contributed by atoms with Crippen LogP contribution in [0.2, 0.25) is 0 Å². The third-order valence-electron chi connectivity index (χ3n) is 5.75. The van der Waals surface area contributed by atoms with Crippen LogP contribution in [0.25, 0.3) is 44.0 Å². The molecule has 0 spiro atoms. The summed E-state index contributed by atoms with van der Waals surface area (Å²) in [6.07, 6.45) is 8.54. The van der Waals surface area contributed by atoms with Gasteiger partial charge in [0.05, 0.1) is 28.4 Å². The van der Waals surface area contributed by atoms with Gasteiger partial charge in [-0.15, -0.1) is 0 Å². The van der Waals surface area contributed by atoms with Crippen molar-refractivity contribution >= 4 is 32.7 Å². The van der Waals surface area contributed by atoms with E-state index in [1.165, 1.54) is 34.7 Å². The summed E-state index contributed by atoms with van der Waals surface area (Å²) < 4.78 is 0. The molecule has 0 amide bonds. The van der Waals surface area contributed by atoms with Gasteiger partial charge < -0.3 is 0 Å². The van der Waals surface area contributed by atoms with Crippen molar-refractivity contribution in [3.63, 3.8) is 0 Å². The van der Waals surface area contributed by atoms with Crippen LogP contribution >= 0.6 is 0 Å². The molecule has 0 saturated carbocycles. The van der Waals surface area contributed by atoms with Crippen LogP contribution in [-0.4, -0.2) is 20.2 Å². The molecule has 5 aromatic rings. The highest BCUT2D eigenvalue weighted by Gasteiger charge is 2.21. The lowest BCUT2D eigenvalue weighted by Crippen LogP contribution is -2.08. The zero-order valence-electron chi connectivity index (χ0n) is 14.9. The maximum Gasteiger partial charge on any atom is 0.0760 e. The van der Waals surface area contributed by atoms with Crippen LogP contribution in [0.1, 0.15) is 24.0 Å². The van der Waals surface area contributed by atoms with E-state index in [0.29, 0.717) is 0 Å². The minimum absolute atomic E-state index is 1.02. The molecule has 3 aromatic heterocycles. The van der Waals surface area contributed by atoms with Gasteiger partial charge in [-0.2, -0.15) is 5.10 Å². The molecular weight excluding hydrogens is 332 g/mol. The fourth-order valence-corrected chi connectivity index (χ4v) is 4.49. The molecule has 130 valence electrons. The number of aromatic nitrogens is 4. The third-order valence-corrected chi connectivity index (χ3v) is 5.75. The Labute approximate surface area is 156 Å². The molecule has 0 atom stereocenters. The molecule has 0 aliphatic heterocycles. The highest BCUT2D eigenvalue weighted by atomic mass is 15.1. The Morgan fingerprint density at radius 2 is 1.74 bits per heavy atom. The molecule has 0 saturated heterocycles. The average Bonchev–Trinajstić information content (AvgIpc) is 3.21. The Morgan fingerprint density at radius 3 is 2.70 bits per heavy atom. The van der Waals surface area contributed by atoms with Crippen LogP contribution in [0.3, 0.4) is 0 Å². The van der Waals surface area contributed by atoms with Crippen molar-refractivity contribution < 1.29 is 0 Å².